The Morgan fingerprint density at radius 1 is 1.47 bits per heavy atom. The molecule has 0 aliphatic carbocycles. The quantitative estimate of drug-likeness (QED) is 0.698. The lowest BCUT2D eigenvalue weighted by atomic mass is 10.0. The summed E-state index contributed by atoms with van der Waals surface area (Å²) in [6.07, 6.45) is 1.55. The first kappa shape index (κ1) is 10.3. The zero-order chi connectivity index (χ0) is 10.8. The van der Waals surface area contributed by atoms with Crippen molar-refractivity contribution in [1.82, 2.24) is 0 Å². The van der Waals surface area contributed by atoms with E-state index in [1.807, 2.05) is 6.92 Å². The molecule has 80 valence electrons. The molecule has 0 saturated carbocycles. The van der Waals surface area contributed by atoms with Crippen molar-refractivity contribution in [3.63, 3.8) is 0 Å². The average molecular weight is 208 g/mol. The molecule has 1 aromatic rings. The molecule has 1 aromatic carbocycles. The molecule has 1 aliphatic rings. The van der Waals surface area contributed by atoms with Crippen molar-refractivity contribution in [2.45, 2.75) is 32.0 Å². The standard InChI is InChI=1S/C12H13FO2/c1-8-2-4-11(13)10(6-8)12-5-3-9(7-14)15-12/h2,4,6-7,9,12H,3,5H2,1H3. The van der Waals surface area contributed by atoms with E-state index in [9.17, 15) is 9.18 Å². The van der Waals surface area contributed by atoms with Crippen LogP contribution in [-0.4, -0.2) is 12.4 Å². The van der Waals surface area contributed by atoms with Gasteiger partial charge in [0.25, 0.3) is 0 Å². The normalized spacial score (nSPS) is 25.5. The van der Waals surface area contributed by atoms with Crippen LogP contribution in [0.3, 0.4) is 0 Å². The van der Waals surface area contributed by atoms with Crippen LogP contribution in [0.25, 0.3) is 0 Å². The summed E-state index contributed by atoms with van der Waals surface area (Å²) >= 11 is 0. The summed E-state index contributed by atoms with van der Waals surface area (Å²) in [6.45, 7) is 1.91. The van der Waals surface area contributed by atoms with Gasteiger partial charge in [0.1, 0.15) is 18.2 Å². The Morgan fingerprint density at radius 2 is 2.27 bits per heavy atom. The monoisotopic (exact) mass is 208 g/mol. The molecule has 0 radical (unpaired) electrons. The summed E-state index contributed by atoms with van der Waals surface area (Å²) in [6, 6.07) is 4.96. The minimum absolute atomic E-state index is 0.253. The summed E-state index contributed by atoms with van der Waals surface area (Å²) < 4.78 is 18.9. The molecule has 1 saturated heterocycles. The molecule has 0 aromatic heterocycles. The summed E-state index contributed by atoms with van der Waals surface area (Å²) in [7, 11) is 0. The summed E-state index contributed by atoms with van der Waals surface area (Å²) in [4.78, 5) is 10.5. The van der Waals surface area contributed by atoms with Crippen molar-refractivity contribution in [2.24, 2.45) is 0 Å². The van der Waals surface area contributed by atoms with Crippen molar-refractivity contribution in [1.29, 1.82) is 0 Å². The van der Waals surface area contributed by atoms with Gasteiger partial charge < -0.3 is 9.53 Å². The van der Waals surface area contributed by atoms with Crippen LogP contribution in [0.5, 0.6) is 0 Å². The molecular formula is C12H13FO2. The fraction of sp³-hybridized carbons (Fsp3) is 0.417. The van der Waals surface area contributed by atoms with Crippen LogP contribution < -0.4 is 0 Å². The Hall–Kier alpha value is -1.22. The van der Waals surface area contributed by atoms with Crippen LogP contribution in [0.15, 0.2) is 18.2 Å². The van der Waals surface area contributed by atoms with Gasteiger partial charge in [-0.25, -0.2) is 4.39 Å². The van der Waals surface area contributed by atoms with Gasteiger partial charge in [0.15, 0.2) is 0 Å². The van der Waals surface area contributed by atoms with Crippen molar-refractivity contribution in [3.8, 4) is 0 Å². The lowest BCUT2D eigenvalue weighted by Crippen LogP contribution is -2.08. The zero-order valence-corrected chi connectivity index (χ0v) is 8.57. The molecule has 0 bridgehead atoms. The van der Waals surface area contributed by atoms with Crippen molar-refractivity contribution < 1.29 is 13.9 Å². The first-order chi connectivity index (χ1) is 7.20. The van der Waals surface area contributed by atoms with E-state index >= 15 is 0 Å². The summed E-state index contributed by atoms with van der Waals surface area (Å²) in [5.74, 6) is -0.253. The third-order valence-electron chi connectivity index (χ3n) is 2.70. The van der Waals surface area contributed by atoms with Gasteiger partial charge in [0.05, 0.1) is 6.10 Å². The van der Waals surface area contributed by atoms with E-state index in [1.165, 1.54) is 6.07 Å². The molecule has 15 heavy (non-hydrogen) atoms. The molecular weight excluding hydrogens is 195 g/mol. The number of benzene rings is 1. The number of hydrogen-bond donors (Lipinski definition) is 0. The lowest BCUT2D eigenvalue weighted by molar-refractivity contribution is -0.117. The fourth-order valence-electron chi connectivity index (χ4n) is 1.90. The minimum atomic E-state index is -0.366. The Morgan fingerprint density at radius 3 is 2.93 bits per heavy atom. The second-order valence-electron chi connectivity index (χ2n) is 3.90. The lowest BCUT2D eigenvalue weighted by Gasteiger charge is -2.12. The molecule has 1 aliphatic heterocycles. The van der Waals surface area contributed by atoms with Crippen molar-refractivity contribution in [3.05, 3.63) is 35.1 Å². The molecule has 1 fully saturated rings. The number of carbonyl (C=O) groups excluding carboxylic acids is 1. The van der Waals surface area contributed by atoms with Crippen molar-refractivity contribution in [2.75, 3.05) is 0 Å². The predicted molar refractivity (Wildman–Crippen MR) is 54.0 cm³/mol. The van der Waals surface area contributed by atoms with E-state index < -0.39 is 0 Å². The maximum absolute atomic E-state index is 13.5. The first-order valence-electron chi connectivity index (χ1n) is 5.07. The first-order valence-corrected chi connectivity index (χ1v) is 5.07. The molecule has 2 rings (SSSR count). The molecule has 2 unspecified atom stereocenters. The predicted octanol–water partition coefficient (Wildman–Crippen LogP) is 2.55. The van der Waals surface area contributed by atoms with Gasteiger partial charge in [-0.1, -0.05) is 17.7 Å². The zero-order valence-electron chi connectivity index (χ0n) is 8.57. The third kappa shape index (κ3) is 2.07. The largest absolute Gasteiger partial charge is 0.363 e. The highest BCUT2D eigenvalue weighted by Gasteiger charge is 2.27. The van der Waals surface area contributed by atoms with Crippen LogP contribution in [0.4, 0.5) is 4.39 Å². The minimum Gasteiger partial charge on any atom is -0.363 e. The number of halogens is 1. The number of rotatable bonds is 2. The number of hydrogen-bond acceptors (Lipinski definition) is 2. The van der Waals surface area contributed by atoms with E-state index in [-0.39, 0.29) is 18.0 Å². The van der Waals surface area contributed by atoms with E-state index in [0.29, 0.717) is 18.4 Å². The SMILES string of the molecule is Cc1ccc(F)c(C2CCC(C=O)O2)c1. The van der Waals surface area contributed by atoms with Gasteiger partial charge in [-0.05, 0) is 25.8 Å². The van der Waals surface area contributed by atoms with E-state index in [1.54, 1.807) is 12.1 Å². The third-order valence-corrected chi connectivity index (χ3v) is 2.70. The van der Waals surface area contributed by atoms with Gasteiger partial charge in [-0.15, -0.1) is 0 Å². The van der Waals surface area contributed by atoms with Gasteiger partial charge in [-0.3, -0.25) is 0 Å². The maximum atomic E-state index is 13.5. The number of carbonyl (C=O) groups is 1. The number of aryl methyl sites for hydroxylation is 1. The number of ether oxygens (including phenoxy) is 1. The Balaban J connectivity index is 2.23. The molecule has 0 spiro atoms. The Kier molecular flexibility index (Phi) is 2.82. The van der Waals surface area contributed by atoms with Crippen LogP contribution in [0.1, 0.15) is 30.1 Å². The summed E-state index contributed by atoms with van der Waals surface area (Å²) in [5.41, 5.74) is 1.57. The Labute approximate surface area is 88.1 Å². The molecule has 3 heteroatoms. The summed E-state index contributed by atoms with van der Waals surface area (Å²) in [5, 5.41) is 0. The van der Waals surface area contributed by atoms with Gasteiger partial charge in [-0.2, -0.15) is 0 Å². The van der Waals surface area contributed by atoms with Crippen LogP contribution in [-0.2, 0) is 9.53 Å². The number of aldehydes is 1. The molecule has 1 heterocycles. The average Bonchev–Trinajstić information content (AvgIpc) is 2.70. The van der Waals surface area contributed by atoms with Crippen LogP contribution in [0.2, 0.25) is 0 Å². The van der Waals surface area contributed by atoms with Crippen LogP contribution in [0, 0.1) is 12.7 Å². The maximum Gasteiger partial charge on any atom is 0.148 e. The van der Waals surface area contributed by atoms with Gasteiger partial charge in [0, 0.05) is 5.56 Å². The molecule has 0 amide bonds. The van der Waals surface area contributed by atoms with Gasteiger partial charge in [0.2, 0.25) is 0 Å². The van der Waals surface area contributed by atoms with Crippen molar-refractivity contribution >= 4 is 6.29 Å². The van der Waals surface area contributed by atoms with E-state index in [0.717, 1.165) is 11.8 Å². The second-order valence-corrected chi connectivity index (χ2v) is 3.90. The Bertz CT molecular complexity index is 376. The molecule has 2 atom stereocenters. The van der Waals surface area contributed by atoms with E-state index in [4.69, 9.17) is 4.74 Å². The highest BCUT2D eigenvalue weighted by atomic mass is 19.1. The molecule has 0 N–H and O–H groups in total. The fourth-order valence-corrected chi connectivity index (χ4v) is 1.90. The second kappa shape index (κ2) is 4.11. The van der Waals surface area contributed by atoms with Crippen LogP contribution >= 0.6 is 0 Å². The highest BCUT2D eigenvalue weighted by molar-refractivity contribution is 5.56. The van der Waals surface area contributed by atoms with E-state index in [2.05, 4.69) is 0 Å². The molecule has 2 nitrogen and oxygen atoms in total. The van der Waals surface area contributed by atoms with Gasteiger partial charge >= 0.3 is 0 Å². The highest BCUT2D eigenvalue weighted by Crippen LogP contribution is 2.33. The smallest absolute Gasteiger partial charge is 0.148 e. The topological polar surface area (TPSA) is 26.3 Å².